The van der Waals surface area contributed by atoms with Crippen molar-refractivity contribution in [2.24, 2.45) is 5.73 Å². The predicted octanol–water partition coefficient (Wildman–Crippen LogP) is 0.699. The molecule has 0 bridgehead atoms. The summed E-state index contributed by atoms with van der Waals surface area (Å²) >= 11 is 1.53. The summed E-state index contributed by atoms with van der Waals surface area (Å²) in [6, 6.07) is 9.79. The number of hydrogen-bond donors (Lipinski definition) is 2. The molecule has 0 aliphatic heterocycles. The number of aliphatic hydroxyl groups excluding tert-OH is 1. The number of nitrogens with zero attached hydrogens (tertiary/aromatic N) is 1. The third kappa shape index (κ3) is 5.53. The lowest BCUT2D eigenvalue weighted by atomic mass is 10.2. The third-order valence-electron chi connectivity index (χ3n) is 2.43. The molecule has 0 aliphatic rings. The van der Waals surface area contributed by atoms with Gasteiger partial charge in [-0.15, -0.1) is 0 Å². The highest BCUT2D eigenvalue weighted by Crippen LogP contribution is 2.07. The van der Waals surface area contributed by atoms with E-state index in [1.54, 1.807) is 4.90 Å². The number of nitrogens with two attached hydrogens (primary N) is 1. The number of carbonyl (C=O) groups is 1. The lowest BCUT2D eigenvalue weighted by Crippen LogP contribution is -2.34. The Hall–Kier alpha value is -1.04. The van der Waals surface area contributed by atoms with Crippen molar-refractivity contribution in [3.8, 4) is 0 Å². The molecule has 0 saturated carbocycles. The SMILES string of the molecule is NCCSCC(=O)N(CCO)Cc1ccccc1. The highest BCUT2D eigenvalue weighted by molar-refractivity contribution is 7.99. The van der Waals surface area contributed by atoms with Crippen molar-refractivity contribution in [3.63, 3.8) is 0 Å². The average Bonchev–Trinajstić information content (AvgIpc) is 2.39. The molecule has 1 amide bonds. The van der Waals surface area contributed by atoms with Gasteiger partial charge in [-0.25, -0.2) is 0 Å². The topological polar surface area (TPSA) is 66.6 Å². The first kappa shape index (κ1) is 15.0. The number of aliphatic hydroxyl groups is 1. The van der Waals surface area contributed by atoms with Gasteiger partial charge in [0.05, 0.1) is 12.4 Å². The van der Waals surface area contributed by atoms with Gasteiger partial charge in [0.25, 0.3) is 0 Å². The summed E-state index contributed by atoms with van der Waals surface area (Å²) in [5, 5.41) is 9.01. The minimum Gasteiger partial charge on any atom is -0.395 e. The molecule has 1 aromatic carbocycles. The van der Waals surface area contributed by atoms with Crippen molar-refractivity contribution in [3.05, 3.63) is 35.9 Å². The lowest BCUT2D eigenvalue weighted by molar-refractivity contribution is -0.129. The molecule has 100 valence electrons. The van der Waals surface area contributed by atoms with Gasteiger partial charge in [-0.3, -0.25) is 4.79 Å². The monoisotopic (exact) mass is 268 g/mol. The van der Waals surface area contributed by atoms with Crippen LogP contribution >= 0.6 is 11.8 Å². The van der Waals surface area contributed by atoms with E-state index in [0.29, 0.717) is 25.4 Å². The molecular formula is C13H20N2O2S. The molecule has 0 fully saturated rings. The van der Waals surface area contributed by atoms with E-state index in [0.717, 1.165) is 11.3 Å². The van der Waals surface area contributed by atoms with Crippen LogP contribution in [0, 0.1) is 0 Å². The second-order valence-corrected chi connectivity index (χ2v) is 4.97. The molecule has 0 unspecified atom stereocenters. The van der Waals surface area contributed by atoms with Crippen molar-refractivity contribution in [1.29, 1.82) is 0 Å². The van der Waals surface area contributed by atoms with Crippen molar-refractivity contribution >= 4 is 17.7 Å². The Kier molecular flexibility index (Phi) is 7.48. The van der Waals surface area contributed by atoms with Crippen molar-refractivity contribution < 1.29 is 9.90 Å². The number of rotatable bonds is 8. The largest absolute Gasteiger partial charge is 0.395 e. The molecule has 1 aromatic rings. The van der Waals surface area contributed by atoms with Crippen LogP contribution in [0.15, 0.2) is 30.3 Å². The summed E-state index contributed by atoms with van der Waals surface area (Å²) in [5.74, 6) is 1.25. The zero-order valence-electron chi connectivity index (χ0n) is 10.4. The van der Waals surface area contributed by atoms with E-state index < -0.39 is 0 Å². The van der Waals surface area contributed by atoms with Gasteiger partial charge in [-0.2, -0.15) is 11.8 Å². The smallest absolute Gasteiger partial charge is 0.232 e. The van der Waals surface area contributed by atoms with Gasteiger partial charge in [0.2, 0.25) is 5.91 Å². The van der Waals surface area contributed by atoms with Crippen LogP contribution in [0.1, 0.15) is 5.56 Å². The standard InChI is InChI=1S/C13H20N2O2S/c14-6-9-18-11-13(17)15(7-8-16)10-12-4-2-1-3-5-12/h1-5,16H,6-11,14H2. The van der Waals surface area contributed by atoms with Crippen LogP contribution in [-0.2, 0) is 11.3 Å². The Morgan fingerprint density at radius 3 is 2.67 bits per heavy atom. The highest BCUT2D eigenvalue weighted by atomic mass is 32.2. The van der Waals surface area contributed by atoms with E-state index >= 15 is 0 Å². The molecule has 3 N–H and O–H groups in total. The van der Waals surface area contributed by atoms with E-state index in [1.165, 1.54) is 11.8 Å². The van der Waals surface area contributed by atoms with Gasteiger partial charge in [0.1, 0.15) is 0 Å². The van der Waals surface area contributed by atoms with Crippen LogP contribution in [-0.4, -0.2) is 47.1 Å². The minimum absolute atomic E-state index is 0.0138. The summed E-state index contributed by atoms with van der Waals surface area (Å²) < 4.78 is 0. The maximum Gasteiger partial charge on any atom is 0.232 e. The Morgan fingerprint density at radius 1 is 1.33 bits per heavy atom. The first-order valence-corrected chi connectivity index (χ1v) is 7.13. The Balaban J connectivity index is 2.50. The van der Waals surface area contributed by atoms with Gasteiger partial charge in [-0.1, -0.05) is 30.3 Å². The Morgan fingerprint density at radius 2 is 2.06 bits per heavy atom. The van der Waals surface area contributed by atoms with Crippen molar-refractivity contribution in [2.45, 2.75) is 6.54 Å². The highest BCUT2D eigenvalue weighted by Gasteiger charge is 2.13. The first-order valence-electron chi connectivity index (χ1n) is 5.98. The van der Waals surface area contributed by atoms with Gasteiger partial charge in [0.15, 0.2) is 0 Å². The number of thioether (sulfide) groups is 1. The van der Waals surface area contributed by atoms with E-state index in [4.69, 9.17) is 10.8 Å². The fourth-order valence-electron chi connectivity index (χ4n) is 1.55. The van der Waals surface area contributed by atoms with Crippen LogP contribution < -0.4 is 5.73 Å². The first-order chi connectivity index (χ1) is 8.77. The molecule has 0 radical (unpaired) electrons. The van der Waals surface area contributed by atoms with E-state index in [-0.39, 0.29) is 12.5 Å². The van der Waals surface area contributed by atoms with Crippen LogP contribution in [0.4, 0.5) is 0 Å². The summed E-state index contributed by atoms with van der Waals surface area (Å²) in [6.07, 6.45) is 0. The maximum absolute atomic E-state index is 12.0. The molecular weight excluding hydrogens is 248 g/mol. The summed E-state index contributed by atoms with van der Waals surface area (Å²) in [7, 11) is 0. The molecule has 0 aromatic heterocycles. The lowest BCUT2D eigenvalue weighted by Gasteiger charge is -2.21. The molecule has 0 atom stereocenters. The van der Waals surface area contributed by atoms with Gasteiger partial charge < -0.3 is 15.7 Å². The van der Waals surface area contributed by atoms with E-state index in [1.807, 2.05) is 30.3 Å². The number of carbonyl (C=O) groups excluding carboxylic acids is 1. The van der Waals surface area contributed by atoms with Crippen LogP contribution in [0.25, 0.3) is 0 Å². The fourth-order valence-corrected chi connectivity index (χ4v) is 2.22. The van der Waals surface area contributed by atoms with E-state index in [9.17, 15) is 4.79 Å². The quantitative estimate of drug-likeness (QED) is 0.681. The molecule has 0 aliphatic carbocycles. The predicted molar refractivity (Wildman–Crippen MR) is 75.3 cm³/mol. The van der Waals surface area contributed by atoms with Gasteiger partial charge in [-0.05, 0) is 5.56 Å². The zero-order valence-corrected chi connectivity index (χ0v) is 11.2. The third-order valence-corrected chi connectivity index (χ3v) is 3.40. The van der Waals surface area contributed by atoms with Crippen molar-refractivity contribution in [2.75, 3.05) is 31.2 Å². The second-order valence-electron chi connectivity index (χ2n) is 3.87. The number of benzene rings is 1. The summed E-state index contributed by atoms with van der Waals surface area (Å²) in [4.78, 5) is 13.6. The van der Waals surface area contributed by atoms with E-state index in [2.05, 4.69) is 0 Å². The molecule has 18 heavy (non-hydrogen) atoms. The van der Waals surface area contributed by atoms with Crippen molar-refractivity contribution in [1.82, 2.24) is 4.90 Å². The maximum atomic E-state index is 12.0. The Bertz CT molecular complexity index is 346. The fraction of sp³-hybridized carbons (Fsp3) is 0.462. The molecule has 1 rings (SSSR count). The van der Waals surface area contributed by atoms with Crippen LogP contribution in [0.5, 0.6) is 0 Å². The Labute approximate surface area is 112 Å². The molecule has 4 nitrogen and oxygen atoms in total. The second kappa shape index (κ2) is 8.97. The molecule has 0 spiro atoms. The number of amides is 1. The molecule has 0 heterocycles. The van der Waals surface area contributed by atoms with Gasteiger partial charge >= 0.3 is 0 Å². The normalized spacial score (nSPS) is 10.3. The minimum atomic E-state index is -0.0138. The van der Waals surface area contributed by atoms with Crippen LogP contribution in [0.2, 0.25) is 0 Å². The summed E-state index contributed by atoms with van der Waals surface area (Å²) in [5.41, 5.74) is 6.46. The number of hydrogen-bond acceptors (Lipinski definition) is 4. The molecule has 0 saturated heterocycles. The molecule has 5 heteroatoms. The van der Waals surface area contributed by atoms with Crippen LogP contribution in [0.3, 0.4) is 0 Å². The summed E-state index contributed by atoms with van der Waals surface area (Å²) in [6.45, 7) is 1.48. The van der Waals surface area contributed by atoms with Gasteiger partial charge in [0, 0.05) is 25.4 Å². The zero-order chi connectivity index (χ0) is 13.2. The average molecular weight is 268 g/mol.